The molecule has 0 bridgehead atoms. The average molecular weight is 832 g/mol. The minimum absolute atomic E-state index is 0.00830. The number of benzene rings is 2. The van der Waals surface area contributed by atoms with E-state index in [1.165, 1.54) is 4.90 Å². The van der Waals surface area contributed by atoms with Gasteiger partial charge in [0.1, 0.15) is 24.1 Å². The number of nitrogens with one attached hydrogen (secondary N) is 1. The number of carboxylic acid groups (broad SMARTS) is 2. The standard InChI is InChI=1S/C36H49F2N5O8.C2HF3O2/c1-36(2,3)33(34-41-30(27-21-26(37)9-10-28(27)38)23-42(34)22-25-7-5-4-6-8-25)43(31(45)24-44)14-11-29(39)35(48)40-13-16-50-18-20-51-19-17-49-15-12-32(46)47;3-2(4,5)1(6)7/h4-10,21,23,29,33,44H,11-20,22,24,39H2,1-3H3,(H,40,48)(H,46,47);(H,6,7)/t29-,33-;/m0./s1. The third-order valence-corrected chi connectivity index (χ3v) is 8.05. The molecule has 6 N–H and O–H groups in total. The first-order valence-electron chi connectivity index (χ1n) is 18.0. The number of halogens is 5. The molecule has 0 saturated carbocycles. The fraction of sp³-hybridized carbons (Fsp3) is 0.500. The van der Waals surface area contributed by atoms with E-state index in [0.717, 1.165) is 23.8 Å². The van der Waals surface area contributed by atoms with Gasteiger partial charge in [-0.25, -0.2) is 18.6 Å². The number of rotatable bonds is 22. The van der Waals surface area contributed by atoms with Gasteiger partial charge in [0.25, 0.3) is 0 Å². The Morgan fingerprint density at radius 1 is 0.914 bits per heavy atom. The largest absolute Gasteiger partial charge is 0.490 e. The van der Waals surface area contributed by atoms with E-state index >= 15 is 0 Å². The summed E-state index contributed by atoms with van der Waals surface area (Å²) in [7, 11) is 0. The monoisotopic (exact) mass is 831 g/mol. The molecule has 0 unspecified atom stereocenters. The van der Waals surface area contributed by atoms with Crippen LogP contribution in [-0.4, -0.2) is 125 Å². The second-order valence-corrected chi connectivity index (χ2v) is 13.7. The molecule has 20 heteroatoms. The molecule has 0 fully saturated rings. The van der Waals surface area contributed by atoms with Crippen molar-refractivity contribution in [2.45, 2.75) is 58.4 Å². The van der Waals surface area contributed by atoms with Crippen LogP contribution in [0.15, 0.2) is 54.7 Å². The maximum Gasteiger partial charge on any atom is 0.490 e. The Balaban J connectivity index is 0.00000151. The maximum atomic E-state index is 14.9. The number of nitrogens with zero attached hydrogens (tertiary/aromatic N) is 3. The van der Waals surface area contributed by atoms with Crippen LogP contribution in [0.4, 0.5) is 22.0 Å². The molecule has 0 aliphatic rings. The van der Waals surface area contributed by atoms with Gasteiger partial charge in [0.05, 0.1) is 63.8 Å². The van der Waals surface area contributed by atoms with Crippen molar-refractivity contribution in [3.8, 4) is 11.3 Å². The topological polar surface area (TPSA) is 216 Å². The molecule has 0 spiro atoms. The van der Waals surface area contributed by atoms with Crippen molar-refractivity contribution in [2.75, 3.05) is 59.3 Å². The smallest absolute Gasteiger partial charge is 0.481 e. The number of carboxylic acids is 2. The minimum atomic E-state index is -5.08. The second-order valence-electron chi connectivity index (χ2n) is 13.7. The fourth-order valence-corrected chi connectivity index (χ4v) is 5.35. The van der Waals surface area contributed by atoms with Gasteiger partial charge in [-0.1, -0.05) is 51.1 Å². The number of hydrogen-bond acceptors (Lipinski definition) is 10. The van der Waals surface area contributed by atoms with E-state index in [4.69, 9.17) is 39.9 Å². The zero-order chi connectivity index (χ0) is 43.5. The highest BCUT2D eigenvalue weighted by Gasteiger charge is 2.39. The van der Waals surface area contributed by atoms with Crippen LogP contribution in [0.5, 0.6) is 0 Å². The number of nitrogens with two attached hydrogens (primary N) is 1. The van der Waals surface area contributed by atoms with Gasteiger partial charge in [-0.05, 0) is 35.6 Å². The Bertz CT molecular complexity index is 1760. The third-order valence-electron chi connectivity index (χ3n) is 8.05. The van der Waals surface area contributed by atoms with Crippen LogP contribution in [0, 0.1) is 17.0 Å². The molecule has 0 saturated heterocycles. The lowest BCUT2D eigenvalue weighted by molar-refractivity contribution is -0.192. The predicted molar refractivity (Wildman–Crippen MR) is 198 cm³/mol. The first kappa shape index (κ1) is 49.1. The van der Waals surface area contributed by atoms with Gasteiger partial charge in [0, 0.05) is 31.4 Å². The van der Waals surface area contributed by atoms with Gasteiger partial charge in [0.2, 0.25) is 11.8 Å². The molecule has 2 aromatic carbocycles. The van der Waals surface area contributed by atoms with Gasteiger partial charge in [0.15, 0.2) is 0 Å². The Kier molecular flexibility index (Phi) is 20.4. The lowest BCUT2D eigenvalue weighted by atomic mass is 9.84. The normalized spacial score (nSPS) is 12.6. The molecule has 0 aliphatic carbocycles. The van der Waals surface area contributed by atoms with Gasteiger partial charge >= 0.3 is 18.1 Å². The van der Waals surface area contributed by atoms with Crippen molar-refractivity contribution in [2.24, 2.45) is 11.1 Å². The van der Waals surface area contributed by atoms with E-state index in [0.29, 0.717) is 25.6 Å². The predicted octanol–water partition coefficient (Wildman–Crippen LogP) is 3.78. The van der Waals surface area contributed by atoms with E-state index in [1.54, 1.807) is 10.8 Å². The minimum Gasteiger partial charge on any atom is -0.481 e. The summed E-state index contributed by atoms with van der Waals surface area (Å²) in [5.74, 6) is -5.65. The van der Waals surface area contributed by atoms with Gasteiger partial charge < -0.3 is 50.0 Å². The second kappa shape index (κ2) is 24.0. The number of alkyl halides is 3. The third kappa shape index (κ3) is 17.2. The van der Waals surface area contributed by atoms with E-state index in [-0.39, 0.29) is 63.6 Å². The molecule has 15 nitrogen and oxygen atoms in total. The summed E-state index contributed by atoms with van der Waals surface area (Å²) in [4.78, 5) is 51.7. The zero-order valence-corrected chi connectivity index (χ0v) is 32.3. The number of carbonyl (C=O) groups is 4. The summed E-state index contributed by atoms with van der Waals surface area (Å²) in [6.45, 7) is 6.82. The number of hydrogen-bond donors (Lipinski definition) is 5. The lowest BCUT2D eigenvalue weighted by Gasteiger charge is -2.40. The molecule has 3 rings (SSSR count). The molecule has 1 aromatic heterocycles. The summed E-state index contributed by atoms with van der Waals surface area (Å²) in [5.41, 5.74) is 6.60. The number of amides is 2. The Hall–Kier alpha value is -5.02. The number of aliphatic hydroxyl groups excluding tert-OH is 1. The summed E-state index contributed by atoms with van der Waals surface area (Å²) >= 11 is 0. The molecule has 322 valence electrons. The fourth-order valence-electron chi connectivity index (χ4n) is 5.35. The first-order chi connectivity index (χ1) is 27.3. The SMILES string of the molecule is CC(C)(C)[C@H](c1nc(-c2cc(F)ccc2F)cn1Cc1ccccc1)N(CC[C@H](N)C(=O)NCCOCCOCCOCCC(=O)O)C(=O)CO.O=C(O)C(F)(F)F. The van der Waals surface area contributed by atoms with E-state index in [9.17, 15) is 41.4 Å². The van der Waals surface area contributed by atoms with Crippen LogP contribution in [0.25, 0.3) is 11.3 Å². The number of aliphatic carboxylic acids is 2. The average Bonchev–Trinajstić information content (AvgIpc) is 3.55. The number of ether oxygens (including phenoxy) is 3. The molecule has 1 heterocycles. The molecule has 2 amide bonds. The maximum absolute atomic E-state index is 14.9. The van der Waals surface area contributed by atoms with Crippen LogP contribution < -0.4 is 11.1 Å². The summed E-state index contributed by atoms with van der Waals surface area (Å²) < 4.78 is 78.6. The number of carbonyl (C=O) groups excluding carboxylic acids is 2. The molecular formula is C38H50F5N5O10. The highest BCUT2D eigenvalue weighted by atomic mass is 19.4. The number of imidazole rings is 1. The molecule has 3 aromatic rings. The zero-order valence-electron chi connectivity index (χ0n) is 32.3. The van der Waals surface area contributed by atoms with E-state index in [1.807, 2.05) is 51.1 Å². The Morgan fingerprint density at radius 3 is 2.05 bits per heavy atom. The highest BCUT2D eigenvalue weighted by Crippen LogP contribution is 2.39. The van der Waals surface area contributed by atoms with Crippen LogP contribution >= 0.6 is 0 Å². The van der Waals surface area contributed by atoms with Crippen molar-refractivity contribution >= 4 is 23.8 Å². The lowest BCUT2D eigenvalue weighted by Crippen LogP contribution is -2.48. The van der Waals surface area contributed by atoms with Crippen molar-refractivity contribution in [3.63, 3.8) is 0 Å². The number of aromatic nitrogens is 2. The molecule has 58 heavy (non-hydrogen) atoms. The Morgan fingerprint density at radius 2 is 1.50 bits per heavy atom. The van der Waals surface area contributed by atoms with Crippen molar-refractivity contribution in [1.82, 2.24) is 19.8 Å². The number of aliphatic hydroxyl groups is 1. The van der Waals surface area contributed by atoms with E-state index < -0.39 is 65.7 Å². The quantitative estimate of drug-likeness (QED) is 0.0723. The van der Waals surface area contributed by atoms with Gasteiger partial charge in [-0.2, -0.15) is 13.2 Å². The van der Waals surface area contributed by atoms with Gasteiger partial charge in [-0.15, -0.1) is 0 Å². The molecule has 2 atom stereocenters. The van der Waals surface area contributed by atoms with Crippen molar-refractivity contribution in [1.29, 1.82) is 0 Å². The van der Waals surface area contributed by atoms with Crippen LogP contribution in [0.1, 0.15) is 51.0 Å². The van der Waals surface area contributed by atoms with Gasteiger partial charge in [-0.3, -0.25) is 14.4 Å². The Labute approximate surface area is 331 Å². The summed E-state index contributed by atoms with van der Waals surface area (Å²) in [6.07, 6.45) is -3.48. The highest BCUT2D eigenvalue weighted by molar-refractivity contribution is 5.82. The van der Waals surface area contributed by atoms with E-state index in [2.05, 4.69) is 5.32 Å². The van der Waals surface area contributed by atoms with Crippen LogP contribution in [0.2, 0.25) is 0 Å². The van der Waals surface area contributed by atoms with Crippen LogP contribution in [0.3, 0.4) is 0 Å². The van der Waals surface area contributed by atoms with Crippen molar-refractivity contribution in [3.05, 3.63) is 77.8 Å². The molecule has 0 aliphatic heterocycles. The van der Waals surface area contributed by atoms with Crippen molar-refractivity contribution < 1.29 is 70.7 Å². The first-order valence-corrected chi connectivity index (χ1v) is 18.0. The summed E-state index contributed by atoms with van der Waals surface area (Å²) in [5, 5.41) is 28.4. The van der Waals surface area contributed by atoms with Crippen LogP contribution in [-0.2, 0) is 39.9 Å². The molecular weight excluding hydrogens is 781 g/mol. The summed E-state index contributed by atoms with van der Waals surface area (Å²) in [6, 6.07) is 10.8. The molecule has 0 radical (unpaired) electrons.